The second-order valence-electron chi connectivity index (χ2n) is 6.97. The first-order valence-corrected chi connectivity index (χ1v) is 9.88. The predicted octanol–water partition coefficient (Wildman–Crippen LogP) is 2.64. The first kappa shape index (κ1) is 22.6. The normalized spacial score (nSPS) is 13.6. The molecule has 0 fully saturated rings. The summed E-state index contributed by atoms with van der Waals surface area (Å²) in [5.41, 5.74) is -0.701. The van der Waals surface area contributed by atoms with Crippen molar-refractivity contribution in [1.29, 1.82) is 0 Å². The Kier molecular flexibility index (Phi) is 7.92. The summed E-state index contributed by atoms with van der Waals surface area (Å²) in [6.07, 6.45) is 0.550. The molecule has 0 spiro atoms. The molecule has 1 aromatic heterocycles. The van der Waals surface area contributed by atoms with E-state index in [9.17, 15) is 19.8 Å². The summed E-state index contributed by atoms with van der Waals surface area (Å²) >= 11 is 0. The van der Waals surface area contributed by atoms with Gasteiger partial charge < -0.3 is 25.4 Å². The Hall–Kier alpha value is -2.71. The minimum atomic E-state index is -1.37. The highest BCUT2D eigenvalue weighted by Crippen LogP contribution is 2.30. The summed E-state index contributed by atoms with van der Waals surface area (Å²) in [7, 11) is 0. The Labute approximate surface area is 170 Å². The van der Waals surface area contributed by atoms with E-state index in [-0.39, 0.29) is 11.6 Å². The summed E-state index contributed by atoms with van der Waals surface area (Å²) in [5, 5.41) is 29.7. The number of aliphatic hydroxyl groups is 2. The van der Waals surface area contributed by atoms with Crippen molar-refractivity contribution in [2.24, 2.45) is 0 Å². The molecule has 0 aliphatic carbocycles. The molecule has 1 aromatic carbocycles. The monoisotopic (exact) mass is 403 g/mol. The summed E-state index contributed by atoms with van der Waals surface area (Å²) in [5.74, 6) is -0.702. The van der Waals surface area contributed by atoms with Crippen molar-refractivity contribution in [2.45, 2.75) is 64.2 Å². The molecular formula is C21H29N3O5. The van der Waals surface area contributed by atoms with Gasteiger partial charge in [0.15, 0.2) is 17.7 Å². The first-order valence-electron chi connectivity index (χ1n) is 9.88. The molecule has 29 heavy (non-hydrogen) atoms. The molecule has 2 amide bonds. The van der Waals surface area contributed by atoms with Gasteiger partial charge in [-0.05, 0) is 24.8 Å². The SMILES string of the molecule is CCCC(NC(=O)C(O)c1ccccc1)C(=O)Nc1cc(C(O)(CC)CC)on1. The second kappa shape index (κ2) is 10.2. The number of aromatic nitrogens is 1. The number of carbonyl (C=O) groups is 2. The number of nitrogens with one attached hydrogen (secondary N) is 2. The summed E-state index contributed by atoms with van der Waals surface area (Å²) in [6, 6.07) is 9.13. The van der Waals surface area contributed by atoms with E-state index in [0.29, 0.717) is 31.2 Å². The van der Waals surface area contributed by atoms with E-state index in [1.807, 2.05) is 20.8 Å². The van der Waals surface area contributed by atoms with Gasteiger partial charge in [0.1, 0.15) is 11.6 Å². The zero-order chi connectivity index (χ0) is 21.4. The number of benzene rings is 1. The lowest BCUT2D eigenvalue weighted by molar-refractivity contribution is -0.133. The Balaban J connectivity index is 2.06. The van der Waals surface area contributed by atoms with Gasteiger partial charge in [-0.3, -0.25) is 9.59 Å². The van der Waals surface area contributed by atoms with E-state index in [2.05, 4.69) is 15.8 Å². The average Bonchev–Trinajstić information content (AvgIpc) is 3.21. The molecule has 8 nitrogen and oxygen atoms in total. The van der Waals surface area contributed by atoms with Crippen LogP contribution in [0.4, 0.5) is 5.82 Å². The highest BCUT2D eigenvalue weighted by Gasteiger charge is 2.31. The molecule has 1 heterocycles. The molecule has 0 saturated heterocycles. The van der Waals surface area contributed by atoms with E-state index in [4.69, 9.17) is 4.52 Å². The Bertz CT molecular complexity index is 802. The maximum absolute atomic E-state index is 12.6. The van der Waals surface area contributed by atoms with Gasteiger partial charge in [-0.1, -0.05) is 62.7 Å². The van der Waals surface area contributed by atoms with Crippen LogP contribution < -0.4 is 10.6 Å². The van der Waals surface area contributed by atoms with Crippen molar-refractivity contribution < 1.29 is 24.3 Å². The Morgan fingerprint density at radius 2 is 1.79 bits per heavy atom. The van der Waals surface area contributed by atoms with E-state index < -0.39 is 29.6 Å². The smallest absolute Gasteiger partial charge is 0.254 e. The maximum atomic E-state index is 12.6. The average molecular weight is 403 g/mol. The van der Waals surface area contributed by atoms with Gasteiger partial charge in [0.25, 0.3) is 5.91 Å². The molecule has 2 rings (SSSR count). The topological polar surface area (TPSA) is 125 Å². The van der Waals surface area contributed by atoms with Crippen molar-refractivity contribution in [3.63, 3.8) is 0 Å². The number of anilines is 1. The fraction of sp³-hybridized carbons (Fsp3) is 0.476. The molecule has 0 saturated carbocycles. The van der Waals surface area contributed by atoms with Crippen LogP contribution >= 0.6 is 0 Å². The van der Waals surface area contributed by atoms with Crippen LogP contribution in [0.15, 0.2) is 40.9 Å². The van der Waals surface area contributed by atoms with Crippen LogP contribution in [0.5, 0.6) is 0 Å². The van der Waals surface area contributed by atoms with E-state index in [0.717, 1.165) is 0 Å². The van der Waals surface area contributed by atoms with E-state index in [1.165, 1.54) is 6.07 Å². The highest BCUT2D eigenvalue weighted by atomic mass is 16.5. The molecular weight excluding hydrogens is 374 g/mol. The highest BCUT2D eigenvalue weighted by molar-refractivity contribution is 5.97. The molecule has 0 aliphatic heterocycles. The summed E-state index contributed by atoms with van der Waals surface area (Å²) in [6.45, 7) is 5.54. The van der Waals surface area contributed by atoms with Gasteiger partial charge >= 0.3 is 0 Å². The molecule has 8 heteroatoms. The van der Waals surface area contributed by atoms with Crippen LogP contribution in [0.3, 0.4) is 0 Å². The molecule has 2 unspecified atom stereocenters. The standard InChI is InChI=1S/C21H29N3O5/c1-4-10-15(22-20(27)18(25)14-11-8-7-9-12-14)19(26)23-17-13-16(29-24-17)21(28,5-2)6-3/h7-9,11-13,15,18,25,28H,4-6,10H2,1-3H3,(H,22,27)(H,23,24,26). The van der Waals surface area contributed by atoms with Crippen LogP contribution in [0.2, 0.25) is 0 Å². The van der Waals surface area contributed by atoms with E-state index in [1.54, 1.807) is 30.3 Å². The number of nitrogens with zero attached hydrogens (tertiary/aromatic N) is 1. The van der Waals surface area contributed by atoms with Gasteiger partial charge in [-0.15, -0.1) is 0 Å². The van der Waals surface area contributed by atoms with Crippen molar-refractivity contribution in [3.8, 4) is 0 Å². The van der Waals surface area contributed by atoms with Crippen molar-refractivity contribution >= 4 is 17.6 Å². The number of hydrogen-bond acceptors (Lipinski definition) is 6. The van der Waals surface area contributed by atoms with Crippen LogP contribution in [-0.4, -0.2) is 33.2 Å². The lowest BCUT2D eigenvalue weighted by Gasteiger charge is -2.21. The Morgan fingerprint density at radius 3 is 2.38 bits per heavy atom. The first-order chi connectivity index (χ1) is 13.8. The molecule has 0 radical (unpaired) electrons. The van der Waals surface area contributed by atoms with Gasteiger partial charge in [0.2, 0.25) is 5.91 Å². The molecule has 4 N–H and O–H groups in total. The molecule has 2 aromatic rings. The number of amides is 2. The quantitative estimate of drug-likeness (QED) is 0.483. The summed E-state index contributed by atoms with van der Waals surface area (Å²) < 4.78 is 5.19. The second-order valence-corrected chi connectivity index (χ2v) is 6.97. The lowest BCUT2D eigenvalue weighted by Crippen LogP contribution is -2.45. The number of rotatable bonds is 10. The number of carbonyl (C=O) groups excluding carboxylic acids is 2. The lowest BCUT2D eigenvalue weighted by atomic mass is 9.94. The maximum Gasteiger partial charge on any atom is 0.254 e. The van der Waals surface area contributed by atoms with Crippen LogP contribution in [0.1, 0.15) is 63.9 Å². The Morgan fingerprint density at radius 1 is 1.14 bits per heavy atom. The van der Waals surface area contributed by atoms with Crippen molar-refractivity contribution in [3.05, 3.63) is 47.7 Å². The van der Waals surface area contributed by atoms with Crippen LogP contribution in [-0.2, 0) is 15.2 Å². The summed E-state index contributed by atoms with van der Waals surface area (Å²) in [4.78, 5) is 25.0. The van der Waals surface area contributed by atoms with Crippen LogP contribution in [0.25, 0.3) is 0 Å². The minimum absolute atomic E-state index is 0.157. The third-order valence-corrected chi connectivity index (χ3v) is 4.96. The third-order valence-electron chi connectivity index (χ3n) is 4.96. The van der Waals surface area contributed by atoms with Crippen molar-refractivity contribution in [2.75, 3.05) is 5.32 Å². The zero-order valence-electron chi connectivity index (χ0n) is 17.0. The third kappa shape index (κ3) is 5.65. The molecule has 0 bridgehead atoms. The molecule has 0 aliphatic rings. The zero-order valence-corrected chi connectivity index (χ0v) is 17.0. The van der Waals surface area contributed by atoms with Gasteiger partial charge in [0, 0.05) is 6.07 Å². The molecule has 158 valence electrons. The van der Waals surface area contributed by atoms with Crippen LogP contribution in [0, 0.1) is 0 Å². The fourth-order valence-corrected chi connectivity index (χ4v) is 2.96. The van der Waals surface area contributed by atoms with Crippen molar-refractivity contribution in [1.82, 2.24) is 10.5 Å². The predicted molar refractivity (Wildman–Crippen MR) is 108 cm³/mol. The number of aliphatic hydroxyl groups excluding tert-OH is 1. The van der Waals surface area contributed by atoms with Gasteiger partial charge in [0.05, 0.1) is 0 Å². The fourth-order valence-electron chi connectivity index (χ4n) is 2.96. The minimum Gasteiger partial charge on any atom is -0.382 e. The van der Waals surface area contributed by atoms with Gasteiger partial charge in [-0.2, -0.15) is 0 Å². The molecule has 2 atom stereocenters. The van der Waals surface area contributed by atoms with Gasteiger partial charge in [-0.25, -0.2) is 0 Å². The largest absolute Gasteiger partial charge is 0.382 e. The number of hydrogen-bond donors (Lipinski definition) is 4. The van der Waals surface area contributed by atoms with E-state index >= 15 is 0 Å².